The van der Waals surface area contributed by atoms with E-state index in [2.05, 4.69) is 34.3 Å². The van der Waals surface area contributed by atoms with Gasteiger partial charge in [0.1, 0.15) is 0 Å². The number of benzene rings is 1. The molecule has 0 bridgehead atoms. The average molecular weight is 284 g/mol. The first-order chi connectivity index (χ1) is 9.74. The van der Waals surface area contributed by atoms with Gasteiger partial charge < -0.3 is 9.88 Å². The molecule has 0 fully saturated rings. The van der Waals surface area contributed by atoms with Crippen molar-refractivity contribution in [1.29, 1.82) is 0 Å². The van der Waals surface area contributed by atoms with Crippen LogP contribution in [-0.4, -0.2) is 14.5 Å². The van der Waals surface area contributed by atoms with Gasteiger partial charge in [-0.15, -0.1) is 11.3 Å². The van der Waals surface area contributed by atoms with Crippen LogP contribution in [0.4, 0.5) is 5.69 Å². The van der Waals surface area contributed by atoms with Crippen molar-refractivity contribution in [2.75, 3.05) is 5.32 Å². The van der Waals surface area contributed by atoms with Crippen LogP contribution in [0.15, 0.2) is 43.0 Å². The van der Waals surface area contributed by atoms with Gasteiger partial charge in [-0.1, -0.05) is 12.1 Å². The van der Waals surface area contributed by atoms with Crippen molar-refractivity contribution in [3.63, 3.8) is 0 Å². The maximum atomic E-state index is 4.46. The van der Waals surface area contributed by atoms with E-state index in [4.69, 9.17) is 0 Å². The summed E-state index contributed by atoms with van der Waals surface area (Å²) >= 11 is 1.74. The lowest BCUT2D eigenvalue weighted by Gasteiger charge is -2.12. The Hall–Kier alpha value is -2.14. The summed E-state index contributed by atoms with van der Waals surface area (Å²) in [5, 5.41) is 4.61. The van der Waals surface area contributed by atoms with Crippen LogP contribution in [0.3, 0.4) is 0 Å². The first kappa shape index (κ1) is 12.9. The Morgan fingerprint density at radius 3 is 2.80 bits per heavy atom. The fraction of sp³-hybridized carbons (Fsp3) is 0.200. The molecule has 0 spiro atoms. The Balaban J connectivity index is 1.83. The molecule has 1 aromatic carbocycles. The third-order valence-electron chi connectivity index (χ3n) is 3.13. The molecule has 0 aliphatic carbocycles. The molecule has 0 radical (unpaired) electrons. The molecule has 3 aromatic rings. The first-order valence-corrected chi connectivity index (χ1v) is 7.30. The summed E-state index contributed by atoms with van der Waals surface area (Å²) in [5.41, 5.74) is 3.31. The van der Waals surface area contributed by atoms with E-state index in [-0.39, 0.29) is 0 Å². The number of rotatable bonds is 4. The van der Waals surface area contributed by atoms with Crippen LogP contribution in [0.5, 0.6) is 0 Å². The Morgan fingerprint density at radius 1 is 1.25 bits per heavy atom. The lowest BCUT2D eigenvalue weighted by molar-refractivity contribution is 1.04. The molecule has 4 nitrogen and oxygen atoms in total. The molecule has 0 amide bonds. The fourth-order valence-electron chi connectivity index (χ4n) is 2.16. The van der Waals surface area contributed by atoms with Gasteiger partial charge in [-0.3, -0.25) is 0 Å². The monoisotopic (exact) mass is 284 g/mol. The molecule has 3 rings (SSSR count). The van der Waals surface area contributed by atoms with Gasteiger partial charge in [0.15, 0.2) is 0 Å². The molecule has 0 saturated heterocycles. The van der Waals surface area contributed by atoms with E-state index in [0.29, 0.717) is 0 Å². The topological polar surface area (TPSA) is 42.7 Å². The molecule has 0 aliphatic heterocycles. The molecule has 1 N–H and O–H groups in total. The summed E-state index contributed by atoms with van der Waals surface area (Å²) in [7, 11) is 0. The van der Waals surface area contributed by atoms with Crippen LogP contribution in [0, 0.1) is 13.8 Å². The predicted molar refractivity (Wildman–Crippen MR) is 82.5 cm³/mol. The number of aromatic nitrogens is 3. The predicted octanol–water partition coefficient (Wildman–Crippen LogP) is 3.56. The third-order valence-corrected chi connectivity index (χ3v) is 4.20. The molecule has 2 heterocycles. The zero-order valence-corrected chi connectivity index (χ0v) is 12.3. The number of hydrogen-bond acceptors (Lipinski definition) is 4. The SMILES string of the molecule is Cc1nc(C)c(CNc2ccccc2-n2ccnc2)s1. The zero-order valence-electron chi connectivity index (χ0n) is 11.5. The summed E-state index contributed by atoms with van der Waals surface area (Å²) in [6, 6.07) is 8.23. The van der Waals surface area contributed by atoms with Gasteiger partial charge in [0.05, 0.1) is 34.9 Å². The number of imidazole rings is 1. The molecule has 0 unspecified atom stereocenters. The number of para-hydroxylation sites is 2. The van der Waals surface area contributed by atoms with Crippen LogP contribution in [0.25, 0.3) is 5.69 Å². The second-order valence-electron chi connectivity index (χ2n) is 4.58. The minimum Gasteiger partial charge on any atom is -0.378 e. The fourth-order valence-corrected chi connectivity index (χ4v) is 3.04. The lowest BCUT2D eigenvalue weighted by Crippen LogP contribution is -2.03. The van der Waals surface area contributed by atoms with Crippen molar-refractivity contribution < 1.29 is 0 Å². The Bertz CT molecular complexity index is 700. The van der Waals surface area contributed by atoms with Gasteiger partial charge >= 0.3 is 0 Å². The molecule has 0 atom stereocenters. The summed E-state index contributed by atoms with van der Waals surface area (Å²) in [6.45, 7) is 4.89. The second-order valence-corrected chi connectivity index (χ2v) is 5.87. The molecule has 0 saturated carbocycles. The van der Waals surface area contributed by atoms with Gasteiger partial charge in [0.25, 0.3) is 0 Å². The highest BCUT2D eigenvalue weighted by molar-refractivity contribution is 7.11. The van der Waals surface area contributed by atoms with E-state index in [0.717, 1.165) is 28.6 Å². The average Bonchev–Trinajstić information content (AvgIpc) is 3.07. The highest BCUT2D eigenvalue weighted by Gasteiger charge is 2.07. The molecule has 20 heavy (non-hydrogen) atoms. The van der Waals surface area contributed by atoms with Crippen LogP contribution >= 0.6 is 11.3 Å². The maximum absolute atomic E-state index is 4.46. The van der Waals surface area contributed by atoms with Crippen LogP contribution in [0.2, 0.25) is 0 Å². The third kappa shape index (κ3) is 2.58. The van der Waals surface area contributed by atoms with Gasteiger partial charge in [0, 0.05) is 17.3 Å². The molecule has 0 aliphatic rings. The Morgan fingerprint density at radius 2 is 2.10 bits per heavy atom. The minimum atomic E-state index is 0.795. The zero-order chi connectivity index (χ0) is 13.9. The van der Waals surface area contributed by atoms with Crippen LogP contribution in [-0.2, 0) is 6.54 Å². The molecule has 102 valence electrons. The van der Waals surface area contributed by atoms with Gasteiger partial charge in [-0.2, -0.15) is 0 Å². The maximum Gasteiger partial charge on any atom is 0.0992 e. The summed E-state index contributed by atoms with van der Waals surface area (Å²) in [5.74, 6) is 0. The van der Waals surface area contributed by atoms with Crippen molar-refractivity contribution in [2.24, 2.45) is 0 Å². The Kier molecular flexibility index (Phi) is 3.52. The van der Waals surface area contributed by atoms with E-state index < -0.39 is 0 Å². The molecular formula is C15H16N4S. The number of anilines is 1. The van der Waals surface area contributed by atoms with Crippen molar-refractivity contribution in [1.82, 2.24) is 14.5 Å². The van der Waals surface area contributed by atoms with E-state index in [1.165, 1.54) is 4.88 Å². The number of nitrogens with zero attached hydrogens (tertiary/aromatic N) is 3. The van der Waals surface area contributed by atoms with Crippen molar-refractivity contribution in [2.45, 2.75) is 20.4 Å². The van der Waals surface area contributed by atoms with E-state index in [1.807, 2.05) is 36.1 Å². The number of aryl methyl sites for hydroxylation is 2. The molecule has 5 heteroatoms. The number of thiazole rings is 1. The highest BCUT2D eigenvalue weighted by atomic mass is 32.1. The number of hydrogen-bond donors (Lipinski definition) is 1. The normalized spacial score (nSPS) is 10.7. The lowest BCUT2D eigenvalue weighted by atomic mass is 10.2. The van der Waals surface area contributed by atoms with Gasteiger partial charge in [-0.05, 0) is 26.0 Å². The van der Waals surface area contributed by atoms with Crippen LogP contribution < -0.4 is 5.32 Å². The van der Waals surface area contributed by atoms with Crippen molar-refractivity contribution in [3.8, 4) is 5.69 Å². The highest BCUT2D eigenvalue weighted by Crippen LogP contribution is 2.23. The smallest absolute Gasteiger partial charge is 0.0992 e. The summed E-state index contributed by atoms with van der Waals surface area (Å²) in [6.07, 6.45) is 5.54. The van der Waals surface area contributed by atoms with E-state index in [1.54, 1.807) is 17.5 Å². The standard InChI is InChI=1S/C15H16N4S/c1-11-15(20-12(2)18-11)9-17-13-5-3-4-6-14(13)19-8-7-16-10-19/h3-8,10,17H,9H2,1-2H3. The van der Waals surface area contributed by atoms with Crippen molar-refractivity contribution >= 4 is 17.0 Å². The second kappa shape index (κ2) is 5.46. The van der Waals surface area contributed by atoms with Crippen molar-refractivity contribution in [3.05, 3.63) is 58.6 Å². The molecule has 2 aromatic heterocycles. The largest absolute Gasteiger partial charge is 0.378 e. The number of nitrogens with one attached hydrogen (secondary N) is 1. The quantitative estimate of drug-likeness (QED) is 0.796. The van der Waals surface area contributed by atoms with E-state index in [9.17, 15) is 0 Å². The first-order valence-electron chi connectivity index (χ1n) is 6.48. The Labute approximate surface area is 122 Å². The van der Waals surface area contributed by atoms with Gasteiger partial charge in [0.2, 0.25) is 0 Å². The van der Waals surface area contributed by atoms with E-state index >= 15 is 0 Å². The summed E-state index contributed by atoms with van der Waals surface area (Å²) in [4.78, 5) is 9.84. The molecular weight excluding hydrogens is 268 g/mol. The van der Waals surface area contributed by atoms with Crippen LogP contribution in [0.1, 0.15) is 15.6 Å². The summed E-state index contributed by atoms with van der Waals surface area (Å²) < 4.78 is 2.01. The minimum absolute atomic E-state index is 0.795. The van der Waals surface area contributed by atoms with Gasteiger partial charge in [-0.25, -0.2) is 9.97 Å².